The maximum Gasteiger partial charge on any atom is 0.319 e. The molecule has 25 heavy (non-hydrogen) atoms. The van der Waals surface area contributed by atoms with Crippen LogP contribution in [0.4, 0.5) is 23.7 Å². The van der Waals surface area contributed by atoms with E-state index in [1.165, 1.54) is 12.1 Å². The fourth-order valence-electron chi connectivity index (χ4n) is 1.97. The second kappa shape index (κ2) is 7.53. The van der Waals surface area contributed by atoms with Crippen LogP contribution >= 0.6 is 0 Å². The van der Waals surface area contributed by atoms with E-state index in [1.807, 2.05) is 0 Å². The number of carbonyl (C=O) groups excluding carboxylic acids is 1. The van der Waals surface area contributed by atoms with Crippen molar-refractivity contribution < 1.29 is 26.4 Å². The minimum absolute atomic E-state index is 0.0256. The predicted octanol–water partition coefficient (Wildman–Crippen LogP) is 2.12. The molecule has 134 valence electrons. The number of rotatable bonds is 5. The summed E-state index contributed by atoms with van der Waals surface area (Å²) >= 11 is 0. The largest absolute Gasteiger partial charge is 0.338 e. The monoisotopic (exact) mass is 373 g/mol. The number of primary sulfonamides is 1. The molecule has 0 aromatic heterocycles. The van der Waals surface area contributed by atoms with E-state index in [2.05, 4.69) is 10.6 Å². The first-order chi connectivity index (χ1) is 11.7. The summed E-state index contributed by atoms with van der Waals surface area (Å²) in [6, 6.07) is 6.36. The van der Waals surface area contributed by atoms with Gasteiger partial charge < -0.3 is 10.6 Å². The molecule has 0 saturated carbocycles. The van der Waals surface area contributed by atoms with E-state index in [0.717, 1.165) is 5.56 Å². The number of nitrogens with one attached hydrogen (secondary N) is 2. The first-order valence-electron chi connectivity index (χ1n) is 6.98. The third-order valence-corrected chi connectivity index (χ3v) is 4.12. The molecule has 0 unspecified atom stereocenters. The van der Waals surface area contributed by atoms with Gasteiger partial charge in [0.25, 0.3) is 0 Å². The van der Waals surface area contributed by atoms with Gasteiger partial charge in [-0.15, -0.1) is 0 Å². The average molecular weight is 373 g/mol. The van der Waals surface area contributed by atoms with Crippen LogP contribution in [0.15, 0.2) is 41.3 Å². The number of halogens is 3. The zero-order valence-corrected chi connectivity index (χ0v) is 13.5. The molecular weight excluding hydrogens is 359 g/mol. The topological polar surface area (TPSA) is 101 Å². The van der Waals surface area contributed by atoms with Gasteiger partial charge in [-0.3, -0.25) is 0 Å². The van der Waals surface area contributed by atoms with Crippen molar-refractivity contribution in [2.75, 3.05) is 11.9 Å². The Morgan fingerprint density at radius 1 is 1.04 bits per heavy atom. The zero-order chi connectivity index (χ0) is 18.6. The molecule has 0 aliphatic rings. The number of amides is 2. The van der Waals surface area contributed by atoms with E-state index in [1.54, 1.807) is 12.1 Å². The second-order valence-corrected chi connectivity index (χ2v) is 6.64. The SMILES string of the molecule is NS(=O)(=O)c1ccc(CCNC(=O)Nc2cc(F)c(F)c(F)c2)cc1. The maximum absolute atomic E-state index is 13.0. The maximum atomic E-state index is 13.0. The van der Waals surface area contributed by atoms with Crippen molar-refractivity contribution in [2.45, 2.75) is 11.3 Å². The van der Waals surface area contributed by atoms with Crippen LogP contribution in [0.2, 0.25) is 0 Å². The molecule has 2 aromatic rings. The van der Waals surface area contributed by atoms with Gasteiger partial charge in [-0.1, -0.05) is 12.1 Å². The van der Waals surface area contributed by atoms with Crippen molar-refractivity contribution in [3.8, 4) is 0 Å². The quantitative estimate of drug-likeness (QED) is 0.700. The van der Waals surface area contributed by atoms with Gasteiger partial charge in [0, 0.05) is 24.4 Å². The Morgan fingerprint density at radius 3 is 2.12 bits per heavy atom. The van der Waals surface area contributed by atoms with Gasteiger partial charge in [-0.05, 0) is 24.1 Å². The van der Waals surface area contributed by atoms with Crippen LogP contribution in [0, 0.1) is 17.5 Å². The standard InChI is InChI=1S/C15H14F3N3O3S/c16-12-7-10(8-13(17)14(12)18)21-15(22)20-6-5-9-1-3-11(4-2-9)25(19,23)24/h1-4,7-8H,5-6H2,(H2,19,23,24)(H2,20,21,22). The molecule has 10 heteroatoms. The van der Waals surface area contributed by atoms with Crippen LogP contribution < -0.4 is 15.8 Å². The number of nitrogens with two attached hydrogens (primary N) is 1. The molecule has 2 rings (SSSR count). The van der Waals surface area contributed by atoms with Crippen molar-refractivity contribution in [3.05, 3.63) is 59.4 Å². The van der Waals surface area contributed by atoms with Gasteiger partial charge in [-0.2, -0.15) is 0 Å². The summed E-state index contributed by atoms with van der Waals surface area (Å²) in [5.41, 5.74) is 0.512. The number of carbonyl (C=O) groups is 1. The summed E-state index contributed by atoms with van der Waals surface area (Å²) in [6.07, 6.45) is 0.379. The molecule has 0 atom stereocenters. The lowest BCUT2D eigenvalue weighted by atomic mass is 10.1. The number of urea groups is 1. The average Bonchev–Trinajstić information content (AvgIpc) is 2.52. The molecule has 0 aliphatic carbocycles. The summed E-state index contributed by atoms with van der Waals surface area (Å²) in [5, 5.41) is 9.60. The molecule has 6 nitrogen and oxygen atoms in total. The van der Waals surface area contributed by atoms with E-state index in [9.17, 15) is 26.4 Å². The predicted molar refractivity (Wildman–Crippen MR) is 84.9 cm³/mol. The highest BCUT2D eigenvalue weighted by molar-refractivity contribution is 7.89. The fourth-order valence-corrected chi connectivity index (χ4v) is 2.48. The number of sulfonamides is 1. The highest BCUT2D eigenvalue weighted by Crippen LogP contribution is 2.17. The van der Waals surface area contributed by atoms with Crippen molar-refractivity contribution in [3.63, 3.8) is 0 Å². The van der Waals surface area contributed by atoms with Gasteiger partial charge >= 0.3 is 6.03 Å². The van der Waals surface area contributed by atoms with E-state index in [4.69, 9.17) is 5.14 Å². The summed E-state index contributed by atoms with van der Waals surface area (Å²) < 4.78 is 61.2. The van der Waals surface area contributed by atoms with Gasteiger partial charge in [0.15, 0.2) is 17.5 Å². The smallest absolute Gasteiger partial charge is 0.319 e. The van der Waals surface area contributed by atoms with Crippen LogP contribution in [0.3, 0.4) is 0 Å². The molecular formula is C15H14F3N3O3S. The van der Waals surface area contributed by atoms with Crippen molar-refractivity contribution in [1.82, 2.24) is 5.32 Å². The molecule has 0 radical (unpaired) electrons. The van der Waals surface area contributed by atoms with Crippen LogP contribution in [0.25, 0.3) is 0 Å². The van der Waals surface area contributed by atoms with Crippen LogP contribution in [-0.4, -0.2) is 21.0 Å². The minimum atomic E-state index is -3.77. The van der Waals surface area contributed by atoms with E-state index >= 15 is 0 Å². The second-order valence-electron chi connectivity index (χ2n) is 5.07. The molecule has 2 amide bonds. The van der Waals surface area contributed by atoms with Crippen LogP contribution in [0.5, 0.6) is 0 Å². The molecule has 0 aliphatic heterocycles. The van der Waals surface area contributed by atoms with E-state index < -0.39 is 33.5 Å². The lowest BCUT2D eigenvalue weighted by Gasteiger charge is -2.08. The fraction of sp³-hybridized carbons (Fsp3) is 0.133. The molecule has 0 fully saturated rings. The Bertz CT molecular complexity index is 864. The normalized spacial score (nSPS) is 11.2. The summed E-state index contributed by atoms with van der Waals surface area (Å²) in [7, 11) is -3.77. The summed E-state index contributed by atoms with van der Waals surface area (Å²) in [5.74, 6) is -4.44. The lowest BCUT2D eigenvalue weighted by molar-refractivity contribution is 0.252. The van der Waals surface area contributed by atoms with Gasteiger partial charge in [0.05, 0.1) is 4.90 Å². The molecule has 2 aromatic carbocycles. The van der Waals surface area contributed by atoms with Gasteiger partial charge in [0.1, 0.15) is 0 Å². The first-order valence-corrected chi connectivity index (χ1v) is 8.52. The Labute approximate surface area is 141 Å². The highest BCUT2D eigenvalue weighted by Gasteiger charge is 2.12. The van der Waals surface area contributed by atoms with E-state index in [0.29, 0.717) is 18.6 Å². The molecule has 0 saturated heterocycles. The van der Waals surface area contributed by atoms with Gasteiger partial charge in [0.2, 0.25) is 10.0 Å². The Kier molecular flexibility index (Phi) is 5.65. The number of hydrogen-bond donors (Lipinski definition) is 3. The molecule has 4 N–H and O–H groups in total. The number of anilines is 1. The zero-order valence-electron chi connectivity index (χ0n) is 12.7. The molecule has 0 spiro atoms. The summed E-state index contributed by atoms with van der Waals surface area (Å²) in [6.45, 7) is 0.173. The Balaban J connectivity index is 1.86. The van der Waals surface area contributed by atoms with E-state index in [-0.39, 0.29) is 17.1 Å². The summed E-state index contributed by atoms with van der Waals surface area (Å²) in [4.78, 5) is 11.6. The van der Waals surface area contributed by atoms with Crippen LogP contribution in [0.1, 0.15) is 5.56 Å². The van der Waals surface area contributed by atoms with Gasteiger partial charge in [-0.25, -0.2) is 31.5 Å². The number of hydrogen-bond acceptors (Lipinski definition) is 3. The third-order valence-electron chi connectivity index (χ3n) is 3.19. The van der Waals surface area contributed by atoms with Crippen molar-refractivity contribution in [1.29, 1.82) is 0 Å². The number of benzene rings is 2. The van der Waals surface area contributed by atoms with Crippen LogP contribution in [-0.2, 0) is 16.4 Å². The Hall–Kier alpha value is -2.59. The molecule has 0 bridgehead atoms. The van der Waals surface area contributed by atoms with Crippen molar-refractivity contribution in [2.24, 2.45) is 5.14 Å². The first kappa shape index (κ1) is 18.7. The minimum Gasteiger partial charge on any atom is -0.338 e. The third kappa shape index (κ3) is 5.19. The lowest BCUT2D eigenvalue weighted by Crippen LogP contribution is -2.30. The van der Waals surface area contributed by atoms with Crippen molar-refractivity contribution >= 4 is 21.7 Å². The highest BCUT2D eigenvalue weighted by atomic mass is 32.2. The Morgan fingerprint density at radius 2 is 1.60 bits per heavy atom. The molecule has 0 heterocycles.